The molecule has 1 heterocycles. The van der Waals surface area contributed by atoms with Crippen molar-refractivity contribution in [3.63, 3.8) is 0 Å². The van der Waals surface area contributed by atoms with Gasteiger partial charge in [-0.05, 0) is 47.7 Å². The van der Waals surface area contributed by atoms with Crippen molar-refractivity contribution in [1.29, 1.82) is 0 Å². The Morgan fingerprint density at radius 1 is 1.11 bits per heavy atom. The van der Waals surface area contributed by atoms with Crippen LogP contribution >= 0.6 is 0 Å². The number of aliphatic hydroxyl groups is 1. The van der Waals surface area contributed by atoms with Crippen molar-refractivity contribution in [1.82, 2.24) is 4.90 Å². The maximum absolute atomic E-state index is 13.2. The molecule has 2 aromatic rings. The Bertz CT molecular complexity index is 1170. The SMILES string of the molecule is CCCCN1C(=O)C(=O)/C(=C(/O)c2ccc(OC)c(C(C)(C)C)c2)C1c1cccc(OC(C)=O)c1. The first-order chi connectivity index (χ1) is 16.5. The summed E-state index contributed by atoms with van der Waals surface area (Å²) in [5.74, 6) is -1.16. The number of unbranched alkanes of at least 4 members (excludes halogenated alkanes) is 1. The van der Waals surface area contributed by atoms with Crippen LogP contribution in [0.4, 0.5) is 0 Å². The van der Waals surface area contributed by atoms with E-state index in [-0.39, 0.29) is 16.7 Å². The van der Waals surface area contributed by atoms with Crippen molar-refractivity contribution in [2.45, 2.75) is 58.9 Å². The van der Waals surface area contributed by atoms with E-state index in [1.165, 1.54) is 11.8 Å². The van der Waals surface area contributed by atoms with Gasteiger partial charge in [-0.3, -0.25) is 14.4 Å². The van der Waals surface area contributed by atoms with Crippen molar-refractivity contribution in [2.24, 2.45) is 0 Å². The van der Waals surface area contributed by atoms with Gasteiger partial charge in [-0.25, -0.2) is 0 Å². The van der Waals surface area contributed by atoms with Crippen molar-refractivity contribution < 1.29 is 29.0 Å². The highest BCUT2D eigenvalue weighted by Gasteiger charge is 2.46. The van der Waals surface area contributed by atoms with E-state index in [1.807, 2.05) is 27.7 Å². The Morgan fingerprint density at radius 2 is 1.83 bits per heavy atom. The lowest BCUT2D eigenvalue weighted by atomic mass is 9.84. The molecule has 7 nitrogen and oxygen atoms in total. The third-order valence-corrected chi connectivity index (χ3v) is 6.01. The summed E-state index contributed by atoms with van der Waals surface area (Å²) in [6, 6.07) is 11.1. The summed E-state index contributed by atoms with van der Waals surface area (Å²) in [6.45, 7) is 9.74. The van der Waals surface area contributed by atoms with E-state index >= 15 is 0 Å². The monoisotopic (exact) mass is 479 g/mol. The fourth-order valence-electron chi connectivity index (χ4n) is 4.30. The van der Waals surface area contributed by atoms with E-state index < -0.39 is 23.7 Å². The first-order valence-corrected chi connectivity index (χ1v) is 11.7. The van der Waals surface area contributed by atoms with E-state index in [1.54, 1.807) is 49.6 Å². The molecular weight excluding hydrogens is 446 g/mol. The number of hydrogen-bond donors (Lipinski definition) is 1. The highest BCUT2D eigenvalue weighted by molar-refractivity contribution is 6.46. The molecule has 0 aliphatic carbocycles. The van der Waals surface area contributed by atoms with Crippen molar-refractivity contribution in [3.8, 4) is 11.5 Å². The Balaban J connectivity index is 2.22. The van der Waals surface area contributed by atoms with Gasteiger partial charge in [0.15, 0.2) is 0 Å². The normalized spacial score (nSPS) is 17.5. The minimum atomic E-state index is -0.808. The van der Waals surface area contributed by atoms with Gasteiger partial charge >= 0.3 is 5.97 Å². The van der Waals surface area contributed by atoms with E-state index in [2.05, 4.69) is 0 Å². The van der Waals surface area contributed by atoms with Crippen LogP contribution in [0.3, 0.4) is 0 Å². The molecule has 186 valence electrons. The van der Waals surface area contributed by atoms with Crippen LogP contribution in [0.15, 0.2) is 48.0 Å². The zero-order valence-electron chi connectivity index (χ0n) is 21.2. The minimum absolute atomic E-state index is 0.0103. The standard InChI is InChI=1S/C28H33NO6/c1-7-8-14-29-24(18-10-9-11-20(15-18)35-17(2)30)23(26(32)27(29)33)25(31)19-12-13-22(34-6)21(16-19)28(3,4)5/h9-13,15-16,24,31H,7-8,14H2,1-6H3/b25-23+. The number of amides is 1. The van der Waals surface area contributed by atoms with Crippen LogP contribution in [0, 0.1) is 0 Å². The number of nitrogens with zero attached hydrogens (tertiary/aromatic N) is 1. The Kier molecular flexibility index (Phi) is 7.68. The predicted octanol–water partition coefficient (Wildman–Crippen LogP) is 5.14. The number of carbonyl (C=O) groups excluding carboxylic acids is 3. The van der Waals surface area contributed by atoms with Crippen LogP contribution in [0.2, 0.25) is 0 Å². The second-order valence-electron chi connectivity index (χ2n) is 9.68. The lowest BCUT2D eigenvalue weighted by Gasteiger charge is -2.26. The predicted molar refractivity (Wildman–Crippen MR) is 133 cm³/mol. The zero-order chi connectivity index (χ0) is 25.9. The molecule has 1 fully saturated rings. The molecule has 3 rings (SSSR count). The molecule has 1 unspecified atom stereocenters. The topological polar surface area (TPSA) is 93.1 Å². The molecule has 1 N–H and O–H groups in total. The first-order valence-electron chi connectivity index (χ1n) is 11.7. The quantitative estimate of drug-likeness (QED) is 0.194. The molecule has 1 saturated heterocycles. The van der Waals surface area contributed by atoms with Gasteiger partial charge in [0.25, 0.3) is 11.7 Å². The van der Waals surface area contributed by atoms with Crippen molar-refractivity contribution in [2.75, 3.05) is 13.7 Å². The van der Waals surface area contributed by atoms with E-state index in [0.717, 1.165) is 12.0 Å². The third-order valence-electron chi connectivity index (χ3n) is 6.01. The van der Waals surface area contributed by atoms with Crippen LogP contribution in [0.25, 0.3) is 5.76 Å². The number of hydrogen-bond acceptors (Lipinski definition) is 6. The Hall–Kier alpha value is -3.61. The van der Waals surface area contributed by atoms with E-state index in [9.17, 15) is 19.5 Å². The summed E-state index contributed by atoms with van der Waals surface area (Å²) < 4.78 is 10.7. The van der Waals surface area contributed by atoms with Crippen LogP contribution in [-0.2, 0) is 19.8 Å². The summed E-state index contributed by atoms with van der Waals surface area (Å²) in [4.78, 5) is 39.2. The molecule has 0 saturated carbocycles. The molecule has 2 aromatic carbocycles. The molecule has 1 atom stereocenters. The smallest absolute Gasteiger partial charge is 0.308 e. The van der Waals surface area contributed by atoms with Crippen molar-refractivity contribution >= 4 is 23.4 Å². The van der Waals surface area contributed by atoms with Crippen LogP contribution in [-0.4, -0.2) is 41.3 Å². The summed E-state index contributed by atoms with van der Waals surface area (Å²) in [5.41, 5.74) is 1.58. The van der Waals surface area contributed by atoms with Gasteiger partial charge in [0.05, 0.1) is 18.7 Å². The third kappa shape index (κ3) is 5.39. The average molecular weight is 480 g/mol. The second-order valence-corrected chi connectivity index (χ2v) is 9.68. The van der Waals surface area contributed by atoms with Crippen LogP contribution < -0.4 is 9.47 Å². The number of benzene rings is 2. The van der Waals surface area contributed by atoms with Gasteiger partial charge in [-0.15, -0.1) is 0 Å². The number of rotatable bonds is 7. The number of methoxy groups -OCH3 is 1. The lowest BCUT2D eigenvalue weighted by Crippen LogP contribution is -2.30. The highest BCUT2D eigenvalue weighted by Crippen LogP contribution is 2.41. The van der Waals surface area contributed by atoms with Crippen LogP contribution in [0.1, 0.15) is 70.2 Å². The first kappa shape index (κ1) is 26.0. The van der Waals surface area contributed by atoms with Crippen LogP contribution in [0.5, 0.6) is 11.5 Å². The fourth-order valence-corrected chi connectivity index (χ4v) is 4.30. The zero-order valence-corrected chi connectivity index (χ0v) is 21.2. The molecule has 1 amide bonds. The fraction of sp³-hybridized carbons (Fsp3) is 0.393. The largest absolute Gasteiger partial charge is 0.507 e. The molecule has 0 aromatic heterocycles. The summed E-state index contributed by atoms with van der Waals surface area (Å²) in [5, 5.41) is 11.4. The lowest BCUT2D eigenvalue weighted by molar-refractivity contribution is -0.139. The molecule has 35 heavy (non-hydrogen) atoms. The number of Topliss-reactive ketones (excluding diaryl/α,β-unsaturated/α-hetero) is 1. The molecule has 0 radical (unpaired) electrons. The molecule has 0 bridgehead atoms. The number of ketones is 1. The molecular formula is C28H33NO6. The highest BCUT2D eigenvalue weighted by atomic mass is 16.5. The van der Waals surface area contributed by atoms with Gasteiger partial charge in [0.1, 0.15) is 17.3 Å². The average Bonchev–Trinajstić information content (AvgIpc) is 3.05. The van der Waals surface area contributed by atoms with Gasteiger partial charge in [0.2, 0.25) is 0 Å². The van der Waals surface area contributed by atoms with Gasteiger partial charge in [0, 0.05) is 24.6 Å². The number of esters is 1. The molecule has 7 heteroatoms. The number of aliphatic hydroxyl groups excluding tert-OH is 1. The van der Waals surface area contributed by atoms with E-state index in [4.69, 9.17) is 9.47 Å². The maximum Gasteiger partial charge on any atom is 0.308 e. The van der Waals surface area contributed by atoms with Gasteiger partial charge in [-0.1, -0.05) is 46.2 Å². The minimum Gasteiger partial charge on any atom is -0.507 e. The summed E-state index contributed by atoms with van der Waals surface area (Å²) in [6.07, 6.45) is 1.53. The molecule has 1 aliphatic heterocycles. The number of likely N-dealkylation sites (tertiary alicyclic amines) is 1. The summed E-state index contributed by atoms with van der Waals surface area (Å²) >= 11 is 0. The maximum atomic E-state index is 13.2. The number of ether oxygens (including phenoxy) is 2. The second kappa shape index (κ2) is 10.3. The van der Waals surface area contributed by atoms with E-state index in [0.29, 0.717) is 35.6 Å². The van der Waals surface area contributed by atoms with Crippen molar-refractivity contribution in [3.05, 3.63) is 64.7 Å². The molecule has 0 spiro atoms. The number of carbonyl (C=O) groups is 3. The summed E-state index contributed by atoms with van der Waals surface area (Å²) in [7, 11) is 1.58. The molecule has 1 aliphatic rings. The Labute approximate surface area is 206 Å². The van der Waals surface area contributed by atoms with Gasteiger partial charge < -0.3 is 19.5 Å². The Morgan fingerprint density at radius 3 is 2.43 bits per heavy atom. The van der Waals surface area contributed by atoms with Gasteiger partial charge in [-0.2, -0.15) is 0 Å².